The fourth-order valence-corrected chi connectivity index (χ4v) is 4.89. The summed E-state index contributed by atoms with van der Waals surface area (Å²) in [5, 5.41) is 4.06. The Hall–Kier alpha value is -2.94. The number of halogens is 3. The van der Waals surface area contributed by atoms with E-state index in [1.54, 1.807) is 18.3 Å². The molecular weight excluding hydrogens is 415 g/mol. The van der Waals surface area contributed by atoms with Crippen LogP contribution >= 0.6 is 11.3 Å². The third-order valence-electron chi connectivity index (χ3n) is 5.21. The van der Waals surface area contributed by atoms with E-state index in [0.29, 0.717) is 22.7 Å². The summed E-state index contributed by atoms with van der Waals surface area (Å²) in [6.07, 6.45) is -4.53. The smallest absolute Gasteiger partial charge is 0.370 e. The molecule has 4 rings (SSSR count). The average molecular weight is 433 g/mol. The van der Waals surface area contributed by atoms with Crippen molar-refractivity contribution in [3.63, 3.8) is 0 Å². The number of primary amides is 1. The summed E-state index contributed by atoms with van der Waals surface area (Å²) in [4.78, 5) is 18.4. The molecule has 3 heterocycles. The molecule has 30 heavy (non-hydrogen) atoms. The van der Waals surface area contributed by atoms with E-state index in [4.69, 9.17) is 15.2 Å². The van der Waals surface area contributed by atoms with E-state index in [2.05, 4.69) is 5.16 Å². The van der Waals surface area contributed by atoms with Gasteiger partial charge >= 0.3 is 6.18 Å². The van der Waals surface area contributed by atoms with Crippen LogP contribution in [0.15, 0.2) is 33.8 Å². The van der Waals surface area contributed by atoms with Gasteiger partial charge in [-0.3, -0.25) is 9.79 Å². The Morgan fingerprint density at radius 1 is 1.17 bits per heavy atom. The first kappa shape index (κ1) is 20.3. The van der Waals surface area contributed by atoms with E-state index >= 15 is 0 Å². The van der Waals surface area contributed by atoms with Gasteiger partial charge in [-0.15, -0.1) is 11.3 Å². The van der Waals surface area contributed by atoms with Crippen LogP contribution in [0.1, 0.15) is 51.0 Å². The van der Waals surface area contributed by atoms with Gasteiger partial charge in [0.25, 0.3) is 0 Å². The molecule has 1 aliphatic heterocycles. The van der Waals surface area contributed by atoms with Crippen LogP contribution in [0.3, 0.4) is 0 Å². The van der Waals surface area contributed by atoms with E-state index in [9.17, 15) is 18.0 Å². The van der Waals surface area contributed by atoms with E-state index in [1.807, 2.05) is 13.8 Å². The number of thiophene rings is 1. The molecule has 156 valence electrons. The minimum atomic E-state index is -4.43. The fourth-order valence-electron chi connectivity index (χ4n) is 3.62. The number of alkyl halides is 3. The Bertz CT molecular complexity index is 1170. The zero-order valence-corrected chi connectivity index (χ0v) is 17.2. The highest BCUT2D eigenvalue weighted by Gasteiger charge is 2.34. The molecule has 0 bridgehead atoms. The van der Waals surface area contributed by atoms with Gasteiger partial charge in [-0.25, -0.2) is 0 Å². The van der Waals surface area contributed by atoms with Gasteiger partial charge in [0, 0.05) is 20.9 Å². The molecule has 1 atom stereocenters. The van der Waals surface area contributed by atoms with Crippen molar-refractivity contribution in [1.29, 1.82) is 0 Å². The van der Waals surface area contributed by atoms with Crippen LogP contribution in [0.5, 0.6) is 0 Å². The van der Waals surface area contributed by atoms with Crippen LogP contribution in [0.2, 0.25) is 0 Å². The lowest BCUT2D eigenvalue weighted by atomic mass is 9.96. The molecule has 1 amide bonds. The molecule has 2 aromatic heterocycles. The molecule has 0 fully saturated rings. The number of carbonyl (C=O) groups is 1. The summed E-state index contributed by atoms with van der Waals surface area (Å²) >= 11 is 1.54. The second-order valence-electron chi connectivity index (χ2n) is 7.23. The minimum Gasteiger partial charge on any atom is -0.370 e. The number of rotatable bonds is 3. The molecule has 0 radical (unpaired) electrons. The first-order valence-electron chi connectivity index (χ1n) is 9.18. The van der Waals surface area contributed by atoms with Gasteiger partial charge in [-0.05, 0) is 38.5 Å². The average Bonchev–Trinajstić information content (AvgIpc) is 3.13. The van der Waals surface area contributed by atoms with Crippen molar-refractivity contribution in [2.24, 2.45) is 10.7 Å². The minimum absolute atomic E-state index is 0.0985. The van der Waals surface area contributed by atoms with Gasteiger partial charge < -0.3 is 10.3 Å². The lowest BCUT2D eigenvalue weighted by molar-refractivity contribution is -0.137. The molecule has 3 aromatic rings. The molecule has 0 unspecified atom stereocenters. The molecule has 2 N–H and O–H groups in total. The van der Waals surface area contributed by atoms with Gasteiger partial charge in [0.1, 0.15) is 6.04 Å². The molecule has 0 spiro atoms. The van der Waals surface area contributed by atoms with E-state index in [-0.39, 0.29) is 6.42 Å². The number of fused-ring (bicyclic) bond motifs is 3. The number of benzene rings is 1. The molecule has 1 aliphatic rings. The Labute approximate surface area is 174 Å². The molecule has 5 nitrogen and oxygen atoms in total. The number of carbonyl (C=O) groups excluding carboxylic acids is 1. The molecule has 0 saturated carbocycles. The normalized spacial score (nSPS) is 15.9. The van der Waals surface area contributed by atoms with Crippen LogP contribution in [0.4, 0.5) is 13.2 Å². The summed E-state index contributed by atoms with van der Waals surface area (Å²) in [6.45, 7) is 5.73. The second-order valence-corrected chi connectivity index (χ2v) is 8.46. The first-order chi connectivity index (χ1) is 14.1. The molecular formula is C21H18F3N3O2S. The Balaban J connectivity index is 1.97. The number of nitrogens with zero attached hydrogens (tertiary/aromatic N) is 2. The van der Waals surface area contributed by atoms with Gasteiger partial charge in [-0.2, -0.15) is 13.2 Å². The monoisotopic (exact) mass is 433 g/mol. The largest absolute Gasteiger partial charge is 0.416 e. The van der Waals surface area contributed by atoms with Crippen molar-refractivity contribution >= 4 is 23.0 Å². The number of amides is 1. The number of hydrogen-bond donors (Lipinski definition) is 1. The van der Waals surface area contributed by atoms with Crippen molar-refractivity contribution in [2.75, 3.05) is 0 Å². The van der Waals surface area contributed by atoms with Crippen molar-refractivity contribution in [2.45, 2.75) is 39.4 Å². The van der Waals surface area contributed by atoms with Gasteiger partial charge in [-0.1, -0.05) is 17.3 Å². The van der Waals surface area contributed by atoms with Crippen LogP contribution in [0.25, 0.3) is 10.4 Å². The number of nitrogens with two attached hydrogens (primary N) is 1. The molecule has 1 aromatic carbocycles. The predicted molar refractivity (Wildman–Crippen MR) is 108 cm³/mol. The standard InChI is InChI=1S/C21H18F3N3O2S/c1-9-11(3)30-20-16(9)18(12-4-6-13(7-5-12)21(22,23)24)26-14(8-15(25)28)19-17(20)10(2)27-29-19/h4-7,14H,8H2,1-3H3,(H2,25,28)/t14-/m0/s1. The van der Waals surface area contributed by atoms with Crippen LogP contribution in [-0.4, -0.2) is 16.8 Å². The van der Waals surface area contributed by atoms with Crippen molar-refractivity contribution in [3.8, 4) is 10.4 Å². The van der Waals surface area contributed by atoms with Gasteiger partial charge in [0.15, 0.2) is 5.76 Å². The quantitative estimate of drug-likeness (QED) is 0.623. The van der Waals surface area contributed by atoms with Crippen LogP contribution in [-0.2, 0) is 11.0 Å². The highest BCUT2D eigenvalue weighted by molar-refractivity contribution is 7.16. The number of aryl methyl sites for hydroxylation is 2. The second kappa shape index (κ2) is 7.09. The molecule has 0 saturated heterocycles. The zero-order valence-electron chi connectivity index (χ0n) is 16.4. The summed E-state index contributed by atoms with van der Waals surface area (Å²) < 4.78 is 44.6. The SMILES string of the molecule is Cc1noc2c1-c1sc(C)c(C)c1C(c1ccc(C(F)(F)F)cc1)=N[C@H]2CC(N)=O. The van der Waals surface area contributed by atoms with Gasteiger partial charge in [0.05, 0.1) is 29.0 Å². The number of aromatic nitrogens is 1. The maximum Gasteiger partial charge on any atom is 0.416 e. The Morgan fingerprint density at radius 3 is 2.43 bits per heavy atom. The Morgan fingerprint density at radius 2 is 1.83 bits per heavy atom. The van der Waals surface area contributed by atoms with Crippen molar-refractivity contribution in [1.82, 2.24) is 5.16 Å². The number of aliphatic imine (C=N–C) groups is 1. The fraction of sp³-hybridized carbons (Fsp3) is 0.286. The topological polar surface area (TPSA) is 81.5 Å². The zero-order chi connectivity index (χ0) is 21.8. The van der Waals surface area contributed by atoms with Crippen molar-refractivity contribution in [3.05, 3.63) is 62.9 Å². The van der Waals surface area contributed by atoms with E-state index in [1.165, 1.54) is 12.1 Å². The number of hydrogen-bond acceptors (Lipinski definition) is 5. The first-order valence-corrected chi connectivity index (χ1v) is 10.00. The third kappa shape index (κ3) is 3.32. The summed E-state index contributed by atoms with van der Waals surface area (Å²) in [6, 6.07) is 4.15. The maximum atomic E-state index is 13.0. The van der Waals surface area contributed by atoms with Crippen LogP contribution in [0, 0.1) is 20.8 Å². The maximum absolute atomic E-state index is 13.0. The van der Waals surface area contributed by atoms with Crippen molar-refractivity contribution < 1.29 is 22.5 Å². The predicted octanol–water partition coefficient (Wildman–Crippen LogP) is 5.11. The lowest BCUT2D eigenvalue weighted by Crippen LogP contribution is -2.15. The summed E-state index contributed by atoms with van der Waals surface area (Å²) in [7, 11) is 0. The Kier molecular flexibility index (Phi) is 4.80. The van der Waals surface area contributed by atoms with E-state index < -0.39 is 23.7 Å². The van der Waals surface area contributed by atoms with Gasteiger partial charge in [0.2, 0.25) is 5.91 Å². The third-order valence-corrected chi connectivity index (χ3v) is 6.43. The van der Waals surface area contributed by atoms with E-state index in [0.717, 1.165) is 38.6 Å². The molecule has 9 heteroatoms. The highest BCUT2D eigenvalue weighted by Crippen LogP contribution is 2.46. The summed E-state index contributed by atoms with van der Waals surface area (Å²) in [5.74, 6) is -0.121. The van der Waals surface area contributed by atoms with Crippen LogP contribution < -0.4 is 5.73 Å². The summed E-state index contributed by atoms with van der Waals surface area (Å²) in [5.41, 5.74) is 8.94. The molecule has 0 aliphatic carbocycles. The highest BCUT2D eigenvalue weighted by atomic mass is 32.1. The lowest BCUT2D eigenvalue weighted by Gasteiger charge is -2.12.